The first kappa shape index (κ1) is 16.0. The summed E-state index contributed by atoms with van der Waals surface area (Å²) in [5, 5.41) is -0.523. The third-order valence-corrected chi connectivity index (χ3v) is 4.60. The summed E-state index contributed by atoms with van der Waals surface area (Å²) in [5.41, 5.74) is 0.549. The smallest absolute Gasteiger partial charge is 0.315 e. The van der Waals surface area contributed by atoms with E-state index in [0.717, 1.165) is 16.2 Å². The summed E-state index contributed by atoms with van der Waals surface area (Å²) in [6, 6.07) is 6.96. The molecule has 0 unspecified atom stereocenters. The molecule has 0 saturated carbocycles. The van der Waals surface area contributed by atoms with E-state index < -0.39 is 5.25 Å². The van der Waals surface area contributed by atoms with Gasteiger partial charge in [0, 0.05) is 10.9 Å². The highest BCUT2D eigenvalue weighted by Gasteiger charge is 2.40. The van der Waals surface area contributed by atoms with Crippen LogP contribution in [0.5, 0.6) is 0 Å². The van der Waals surface area contributed by atoms with Gasteiger partial charge in [0.2, 0.25) is 11.8 Å². The first-order chi connectivity index (χ1) is 10.0. The second-order valence-electron chi connectivity index (χ2n) is 4.35. The van der Waals surface area contributed by atoms with Crippen LogP contribution in [0.2, 0.25) is 0 Å². The van der Waals surface area contributed by atoms with Crippen LogP contribution in [0.15, 0.2) is 28.7 Å². The van der Waals surface area contributed by atoms with Crippen molar-refractivity contribution in [3.8, 4) is 0 Å². The Hall–Kier alpha value is -1.34. The summed E-state index contributed by atoms with van der Waals surface area (Å²) in [6.07, 6.45) is 0.110. The minimum atomic E-state index is -0.523. The molecule has 1 aromatic rings. The van der Waals surface area contributed by atoms with Crippen LogP contribution in [-0.2, 0) is 19.1 Å². The topological polar surface area (TPSA) is 63.7 Å². The molecule has 0 aromatic heterocycles. The first-order valence-corrected chi connectivity index (χ1v) is 8.26. The predicted molar refractivity (Wildman–Crippen MR) is 84.1 cm³/mol. The fourth-order valence-corrected chi connectivity index (χ4v) is 3.16. The highest BCUT2D eigenvalue weighted by atomic mass is 79.9. The number of ether oxygens (including phenoxy) is 1. The average Bonchev–Trinajstić information content (AvgIpc) is 2.73. The summed E-state index contributed by atoms with van der Waals surface area (Å²) >= 11 is 4.46. The van der Waals surface area contributed by atoms with E-state index in [0.29, 0.717) is 12.3 Å². The summed E-state index contributed by atoms with van der Waals surface area (Å²) in [4.78, 5) is 36.8. The van der Waals surface area contributed by atoms with Crippen molar-refractivity contribution in [3.05, 3.63) is 28.7 Å². The SMILES string of the molecule is CCOC(=O)CS[C@@H]1CC(=O)N(c2ccc(Br)cc2)C1=O. The van der Waals surface area contributed by atoms with Gasteiger partial charge < -0.3 is 4.74 Å². The van der Waals surface area contributed by atoms with Crippen molar-refractivity contribution in [1.82, 2.24) is 0 Å². The zero-order chi connectivity index (χ0) is 15.4. The van der Waals surface area contributed by atoms with Gasteiger partial charge in [-0.05, 0) is 31.2 Å². The number of anilines is 1. The van der Waals surface area contributed by atoms with Crippen molar-refractivity contribution in [2.45, 2.75) is 18.6 Å². The number of thioether (sulfide) groups is 1. The number of esters is 1. The molecule has 2 amide bonds. The van der Waals surface area contributed by atoms with E-state index in [1.165, 1.54) is 4.90 Å². The number of amides is 2. The standard InChI is InChI=1S/C14H14BrNO4S/c1-2-20-13(18)8-21-11-7-12(17)16(14(11)19)10-5-3-9(15)4-6-10/h3-6,11H,2,7-8H2,1H3/t11-/m1/s1. The zero-order valence-electron chi connectivity index (χ0n) is 11.4. The number of hydrogen-bond acceptors (Lipinski definition) is 5. The molecule has 1 atom stereocenters. The molecule has 1 aliphatic rings. The highest BCUT2D eigenvalue weighted by molar-refractivity contribution is 9.10. The molecule has 1 fully saturated rings. The third-order valence-electron chi connectivity index (χ3n) is 2.90. The molecule has 2 rings (SSSR count). The average molecular weight is 372 g/mol. The van der Waals surface area contributed by atoms with Gasteiger partial charge in [0.25, 0.3) is 0 Å². The number of benzene rings is 1. The van der Waals surface area contributed by atoms with Crippen LogP contribution >= 0.6 is 27.7 Å². The van der Waals surface area contributed by atoms with Crippen LogP contribution < -0.4 is 4.90 Å². The zero-order valence-corrected chi connectivity index (χ0v) is 13.8. The second-order valence-corrected chi connectivity index (χ2v) is 6.46. The maximum Gasteiger partial charge on any atom is 0.315 e. The molecule has 21 heavy (non-hydrogen) atoms. The lowest BCUT2D eigenvalue weighted by Gasteiger charge is -2.14. The maximum absolute atomic E-state index is 12.3. The van der Waals surface area contributed by atoms with Crippen molar-refractivity contribution < 1.29 is 19.1 Å². The van der Waals surface area contributed by atoms with E-state index in [2.05, 4.69) is 15.9 Å². The Labute approximate surface area is 135 Å². The lowest BCUT2D eigenvalue weighted by atomic mass is 10.3. The minimum Gasteiger partial charge on any atom is -0.465 e. The van der Waals surface area contributed by atoms with Gasteiger partial charge in [0.05, 0.1) is 23.3 Å². The number of rotatable bonds is 5. The van der Waals surface area contributed by atoms with Gasteiger partial charge in [-0.15, -0.1) is 11.8 Å². The van der Waals surface area contributed by atoms with Crippen molar-refractivity contribution in [3.63, 3.8) is 0 Å². The van der Waals surface area contributed by atoms with E-state index in [-0.39, 0.29) is 30.0 Å². The van der Waals surface area contributed by atoms with Crippen molar-refractivity contribution in [2.75, 3.05) is 17.3 Å². The molecule has 5 nitrogen and oxygen atoms in total. The fourth-order valence-electron chi connectivity index (χ4n) is 1.97. The third kappa shape index (κ3) is 3.85. The van der Waals surface area contributed by atoms with Gasteiger partial charge in [-0.25, -0.2) is 4.90 Å². The number of carbonyl (C=O) groups is 3. The molecule has 112 valence electrons. The lowest BCUT2D eigenvalue weighted by Crippen LogP contribution is -2.31. The van der Waals surface area contributed by atoms with E-state index in [1.807, 2.05) is 0 Å². The summed E-state index contributed by atoms with van der Waals surface area (Å²) in [5.74, 6) is -0.823. The molecular weight excluding hydrogens is 358 g/mol. The Bertz CT molecular complexity index is 561. The minimum absolute atomic E-state index is 0.0751. The van der Waals surface area contributed by atoms with Gasteiger partial charge in [-0.3, -0.25) is 14.4 Å². The molecule has 0 spiro atoms. The molecule has 0 bridgehead atoms. The van der Waals surface area contributed by atoms with E-state index in [4.69, 9.17) is 4.74 Å². The summed E-state index contributed by atoms with van der Waals surface area (Å²) in [6.45, 7) is 2.03. The summed E-state index contributed by atoms with van der Waals surface area (Å²) < 4.78 is 5.69. The van der Waals surface area contributed by atoms with Crippen molar-refractivity contribution in [1.29, 1.82) is 0 Å². The van der Waals surface area contributed by atoms with Crippen LogP contribution in [0.4, 0.5) is 5.69 Å². The Kier molecular flexibility index (Phi) is 5.41. The van der Waals surface area contributed by atoms with Gasteiger partial charge >= 0.3 is 5.97 Å². The molecule has 0 aliphatic carbocycles. The fraction of sp³-hybridized carbons (Fsp3) is 0.357. The van der Waals surface area contributed by atoms with Gasteiger partial charge in [0.15, 0.2) is 0 Å². The van der Waals surface area contributed by atoms with Crippen molar-refractivity contribution >= 4 is 51.2 Å². The summed E-state index contributed by atoms with van der Waals surface area (Å²) in [7, 11) is 0. The monoisotopic (exact) mass is 371 g/mol. The normalized spacial score (nSPS) is 18.2. The second kappa shape index (κ2) is 7.09. The molecule has 1 aromatic carbocycles. The molecular formula is C14H14BrNO4S. The Balaban J connectivity index is 2.03. The van der Waals surface area contributed by atoms with Gasteiger partial charge in [0.1, 0.15) is 0 Å². The van der Waals surface area contributed by atoms with Crippen molar-refractivity contribution in [2.24, 2.45) is 0 Å². The van der Waals surface area contributed by atoms with Gasteiger partial charge in [-0.2, -0.15) is 0 Å². The molecule has 7 heteroatoms. The maximum atomic E-state index is 12.3. The first-order valence-electron chi connectivity index (χ1n) is 6.42. The Morgan fingerprint density at radius 3 is 2.67 bits per heavy atom. The van der Waals surface area contributed by atoms with Crippen LogP contribution in [0.3, 0.4) is 0 Å². The van der Waals surface area contributed by atoms with E-state index in [1.54, 1.807) is 31.2 Å². The number of halogens is 1. The highest BCUT2D eigenvalue weighted by Crippen LogP contribution is 2.30. The largest absolute Gasteiger partial charge is 0.465 e. The van der Waals surface area contributed by atoms with Crippen LogP contribution in [0.1, 0.15) is 13.3 Å². The molecule has 1 heterocycles. The number of hydrogen-bond donors (Lipinski definition) is 0. The number of nitrogens with zero attached hydrogens (tertiary/aromatic N) is 1. The predicted octanol–water partition coefficient (Wildman–Crippen LogP) is 2.38. The van der Waals surface area contributed by atoms with Crippen LogP contribution in [0, 0.1) is 0 Å². The molecule has 0 radical (unpaired) electrons. The quantitative estimate of drug-likeness (QED) is 0.587. The van der Waals surface area contributed by atoms with Crippen LogP contribution in [-0.4, -0.2) is 35.4 Å². The molecule has 1 aliphatic heterocycles. The van der Waals surface area contributed by atoms with Gasteiger partial charge in [-0.1, -0.05) is 15.9 Å². The Morgan fingerprint density at radius 2 is 2.05 bits per heavy atom. The lowest BCUT2D eigenvalue weighted by molar-refractivity contribution is -0.139. The van der Waals surface area contributed by atoms with Crippen LogP contribution in [0.25, 0.3) is 0 Å². The molecule has 1 saturated heterocycles. The van der Waals surface area contributed by atoms with E-state index in [9.17, 15) is 14.4 Å². The van der Waals surface area contributed by atoms with E-state index >= 15 is 0 Å². The Morgan fingerprint density at radius 1 is 1.38 bits per heavy atom. The molecule has 0 N–H and O–H groups in total. The number of imide groups is 1. The number of carbonyl (C=O) groups excluding carboxylic acids is 3.